The summed E-state index contributed by atoms with van der Waals surface area (Å²) in [6.07, 6.45) is 6.18. The standard InChI is InChI=1S/C28H29FN4O2S/c1-36(34)25-9-5-23(6-10-25)28-31-26(21-3-7-24(29)8-4-21)27(22-11-13-30-14-12-22)33(28)16-2-15-32-17-19-35-20-18-32/h3-14H,2,15-20H2,1H3. The maximum Gasteiger partial charge on any atom is 0.141 e. The lowest BCUT2D eigenvalue weighted by atomic mass is 10.1. The summed E-state index contributed by atoms with van der Waals surface area (Å²) < 4.78 is 33.4. The lowest BCUT2D eigenvalue weighted by Crippen LogP contribution is -2.37. The summed E-state index contributed by atoms with van der Waals surface area (Å²) in [6.45, 7) is 5.18. The molecule has 0 spiro atoms. The van der Waals surface area contributed by atoms with Crippen LogP contribution in [0.3, 0.4) is 0 Å². The zero-order valence-corrected chi connectivity index (χ0v) is 21.1. The second-order valence-electron chi connectivity index (χ2n) is 8.81. The monoisotopic (exact) mass is 504 g/mol. The molecule has 36 heavy (non-hydrogen) atoms. The van der Waals surface area contributed by atoms with Crippen molar-refractivity contribution in [3.63, 3.8) is 0 Å². The molecule has 2 aromatic carbocycles. The Balaban J connectivity index is 1.60. The van der Waals surface area contributed by atoms with Crippen LogP contribution in [-0.2, 0) is 22.1 Å². The molecule has 1 aliphatic rings. The Labute approximate surface area is 213 Å². The first-order valence-electron chi connectivity index (χ1n) is 12.1. The van der Waals surface area contributed by atoms with Crippen molar-refractivity contribution in [1.82, 2.24) is 19.4 Å². The highest BCUT2D eigenvalue weighted by Crippen LogP contribution is 2.36. The summed E-state index contributed by atoms with van der Waals surface area (Å²) in [5.74, 6) is 0.550. The Morgan fingerprint density at radius 3 is 2.22 bits per heavy atom. The highest BCUT2D eigenvalue weighted by atomic mass is 32.2. The minimum absolute atomic E-state index is 0.280. The lowest BCUT2D eigenvalue weighted by molar-refractivity contribution is 0.0369. The molecular weight excluding hydrogens is 475 g/mol. The van der Waals surface area contributed by atoms with Crippen molar-refractivity contribution in [2.24, 2.45) is 0 Å². The third-order valence-corrected chi connectivity index (χ3v) is 7.38. The lowest BCUT2D eigenvalue weighted by Gasteiger charge is -2.26. The van der Waals surface area contributed by atoms with Gasteiger partial charge in [-0.1, -0.05) is 12.1 Å². The van der Waals surface area contributed by atoms with Gasteiger partial charge in [0.05, 0.1) is 24.6 Å². The molecule has 1 aliphatic heterocycles. The second-order valence-corrected chi connectivity index (χ2v) is 10.2. The van der Waals surface area contributed by atoms with Crippen molar-refractivity contribution in [1.29, 1.82) is 0 Å². The number of pyridine rings is 1. The first-order valence-corrected chi connectivity index (χ1v) is 13.7. The highest BCUT2D eigenvalue weighted by molar-refractivity contribution is 7.84. The summed E-state index contributed by atoms with van der Waals surface area (Å²) >= 11 is 0. The van der Waals surface area contributed by atoms with Crippen molar-refractivity contribution in [2.45, 2.75) is 17.9 Å². The van der Waals surface area contributed by atoms with Crippen LogP contribution in [0.4, 0.5) is 4.39 Å². The van der Waals surface area contributed by atoms with E-state index in [0.717, 1.165) is 84.6 Å². The topological polar surface area (TPSA) is 60.2 Å². The molecule has 4 aromatic rings. The molecule has 0 amide bonds. The van der Waals surface area contributed by atoms with Gasteiger partial charge in [-0.05, 0) is 55.0 Å². The molecule has 6 nitrogen and oxygen atoms in total. The minimum Gasteiger partial charge on any atom is -0.379 e. The quantitative estimate of drug-likeness (QED) is 0.342. The van der Waals surface area contributed by atoms with Crippen LogP contribution in [-0.4, -0.2) is 62.7 Å². The predicted molar refractivity (Wildman–Crippen MR) is 140 cm³/mol. The van der Waals surface area contributed by atoms with Gasteiger partial charge in [0.15, 0.2) is 0 Å². The Hall–Kier alpha value is -3.20. The fraction of sp³-hybridized carbons (Fsp3) is 0.286. The maximum atomic E-state index is 13.7. The summed E-state index contributed by atoms with van der Waals surface area (Å²) in [5, 5.41) is 0. The molecule has 8 heteroatoms. The van der Waals surface area contributed by atoms with Gasteiger partial charge in [-0.15, -0.1) is 0 Å². The molecule has 186 valence electrons. The molecule has 0 aliphatic carbocycles. The average Bonchev–Trinajstić information content (AvgIpc) is 3.29. The summed E-state index contributed by atoms with van der Waals surface area (Å²) in [7, 11) is -1.05. The smallest absolute Gasteiger partial charge is 0.141 e. The van der Waals surface area contributed by atoms with Crippen molar-refractivity contribution in [3.05, 3.63) is 78.9 Å². The number of aromatic nitrogens is 3. The fourth-order valence-corrected chi connectivity index (χ4v) is 5.09. The number of morpholine rings is 1. The zero-order chi connectivity index (χ0) is 24.9. The van der Waals surface area contributed by atoms with Crippen LogP contribution in [0.25, 0.3) is 33.9 Å². The van der Waals surface area contributed by atoms with Gasteiger partial charge in [-0.3, -0.25) is 14.1 Å². The molecule has 1 unspecified atom stereocenters. The molecule has 0 bridgehead atoms. The second kappa shape index (κ2) is 11.2. The van der Waals surface area contributed by atoms with Crippen LogP contribution < -0.4 is 0 Å². The first kappa shape index (κ1) is 24.5. The molecule has 5 rings (SSSR count). The third kappa shape index (κ3) is 5.46. The number of hydrogen-bond donors (Lipinski definition) is 0. The minimum atomic E-state index is -1.05. The van der Waals surface area contributed by atoms with Gasteiger partial charge >= 0.3 is 0 Å². The van der Waals surface area contributed by atoms with Gasteiger partial charge in [0.1, 0.15) is 11.6 Å². The Kier molecular flexibility index (Phi) is 7.65. The van der Waals surface area contributed by atoms with Gasteiger partial charge in [-0.2, -0.15) is 0 Å². The molecule has 0 N–H and O–H groups in total. The van der Waals surface area contributed by atoms with E-state index in [1.807, 2.05) is 36.4 Å². The molecule has 1 fully saturated rings. The van der Waals surface area contributed by atoms with Crippen molar-refractivity contribution >= 4 is 10.8 Å². The van der Waals surface area contributed by atoms with Gasteiger partial charge in [0.2, 0.25) is 0 Å². The van der Waals surface area contributed by atoms with E-state index < -0.39 is 10.8 Å². The average molecular weight is 505 g/mol. The third-order valence-electron chi connectivity index (χ3n) is 6.44. The zero-order valence-electron chi connectivity index (χ0n) is 20.3. The van der Waals surface area contributed by atoms with E-state index in [1.165, 1.54) is 12.1 Å². The molecule has 0 radical (unpaired) electrons. The predicted octanol–water partition coefficient (Wildman–Crippen LogP) is 4.88. The molecule has 3 heterocycles. The van der Waals surface area contributed by atoms with E-state index in [9.17, 15) is 8.60 Å². The van der Waals surface area contributed by atoms with Gasteiger partial charge < -0.3 is 9.30 Å². The van der Waals surface area contributed by atoms with Crippen LogP contribution in [0.5, 0.6) is 0 Å². The fourth-order valence-electron chi connectivity index (χ4n) is 4.58. The van der Waals surface area contributed by atoms with E-state index >= 15 is 0 Å². The van der Waals surface area contributed by atoms with E-state index in [0.29, 0.717) is 0 Å². The first-order chi connectivity index (χ1) is 17.6. The van der Waals surface area contributed by atoms with Crippen molar-refractivity contribution in [2.75, 3.05) is 39.1 Å². The van der Waals surface area contributed by atoms with Crippen LogP contribution in [0, 0.1) is 5.82 Å². The Bertz CT molecular complexity index is 1320. The van der Waals surface area contributed by atoms with E-state index in [-0.39, 0.29) is 5.82 Å². The van der Waals surface area contributed by atoms with E-state index in [2.05, 4.69) is 14.5 Å². The van der Waals surface area contributed by atoms with Crippen LogP contribution in [0.15, 0.2) is 78.0 Å². The van der Waals surface area contributed by atoms with Gasteiger partial charge in [-0.25, -0.2) is 9.37 Å². The normalized spacial score (nSPS) is 15.2. The Morgan fingerprint density at radius 2 is 1.56 bits per heavy atom. The number of hydrogen-bond acceptors (Lipinski definition) is 5. The number of imidazole rings is 1. The van der Waals surface area contributed by atoms with E-state index in [1.54, 1.807) is 30.8 Å². The number of nitrogens with zero attached hydrogens (tertiary/aromatic N) is 4. The largest absolute Gasteiger partial charge is 0.379 e. The number of halogens is 1. The van der Waals surface area contributed by atoms with Crippen LogP contribution >= 0.6 is 0 Å². The maximum absolute atomic E-state index is 13.7. The number of ether oxygens (including phenoxy) is 1. The van der Waals surface area contributed by atoms with Crippen LogP contribution in [0.2, 0.25) is 0 Å². The highest BCUT2D eigenvalue weighted by Gasteiger charge is 2.22. The van der Waals surface area contributed by atoms with Gasteiger partial charge in [0.25, 0.3) is 0 Å². The number of rotatable bonds is 8. The van der Waals surface area contributed by atoms with Gasteiger partial charge in [0, 0.05) is 77.2 Å². The van der Waals surface area contributed by atoms with Crippen molar-refractivity contribution < 1.29 is 13.3 Å². The molecule has 2 aromatic heterocycles. The molecule has 1 atom stereocenters. The SMILES string of the molecule is CS(=O)c1ccc(-c2nc(-c3ccc(F)cc3)c(-c3ccncc3)n2CCCN2CCOCC2)cc1. The van der Waals surface area contributed by atoms with Crippen molar-refractivity contribution in [3.8, 4) is 33.9 Å². The Morgan fingerprint density at radius 1 is 0.889 bits per heavy atom. The summed E-state index contributed by atoms with van der Waals surface area (Å²) in [6, 6.07) is 18.2. The molecule has 0 saturated carbocycles. The molecule has 1 saturated heterocycles. The van der Waals surface area contributed by atoms with E-state index in [4.69, 9.17) is 9.72 Å². The molecular formula is C28H29FN4O2S. The summed E-state index contributed by atoms with van der Waals surface area (Å²) in [4.78, 5) is 12.5. The van der Waals surface area contributed by atoms with Crippen LogP contribution in [0.1, 0.15) is 6.42 Å². The summed E-state index contributed by atoms with van der Waals surface area (Å²) in [5.41, 5.74) is 4.57. The number of benzene rings is 2.